The monoisotopic (exact) mass is 310 g/mol. The van der Waals surface area contributed by atoms with E-state index in [9.17, 15) is 5.11 Å². The zero-order valence-corrected chi connectivity index (χ0v) is 13.2. The van der Waals surface area contributed by atoms with Gasteiger partial charge in [0, 0.05) is 19.2 Å². The van der Waals surface area contributed by atoms with Crippen molar-refractivity contribution in [3.63, 3.8) is 0 Å². The van der Waals surface area contributed by atoms with Crippen LogP contribution >= 0.6 is 0 Å². The van der Waals surface area contributed by atoms with E-state index < -0.39 is 6.10 Å². The Bertz CT molecular complexity index is 459. The van der Waals surface area contributed by atoms with E-state index in [1.165, 1.54) is 0 Å². The lowest BCUT2D eigenvalue weighted by Gasteiger charge is -2.25. The Kier molecular flexibility index (Phi) is 5.46. The van der Waals surface area contributed by atoms with Gasteiger partial charge in [-0.15, -0.1) is 0 Å². The number of hydrogen-bond acceptors (Lipinski definition) is 6. The van der Waals surface area contributed by atoms with Crippen LogP contribution in [-0.4, -0.2) is 60.3 Å². The second kappa shape index (κ2) is 7.55. The third kappa shape index (κ3) is 4.07. The Morgan fingerprint density at radius 3 is 3.09 bits per heavy atom. The number of ether oxygens (including phenoxy) is 2. The molecule has 0 radical (unpaired) electrons. The third-order valence-corrected chi connectivity index (χ3v) is 4.42. The second-order valence-corrected chi connectivity index (χ2v) is 6.35. The number of likely N-dealkylation sites (tertiary alicyclic amines) is 1. The van der Waals surface area contributed by atoms with Gasteiger partial charge in [0.2, 0.25) is 0 Å². The lowest BCUT2D eigenvalue weighted by atomic mass is 10.1. The lowest BCUT2D eigenvalue weighted by Crippen LogP contribution is -2.35. The van der Waals surface area contributed by atoms with E-state index in [0.717, 1.165) is 50.3 Å². The first-order valence-corrected chi connectivity index (χ1v) is 8.27. The van der Waals surface area contributed by atoms with E-state index in [4.69, 9.17) is 14.0 Å². The number of aliphatic hydroxyl groups is 1. The van der Waals surface area contributed by atoms with Gasteiger partial charge in [0.1, 0.15) is 0 Å². The van der Waals surface area contributed by atoms with Gasteiger partial charge in [-0.2, -0.15) is 0 Å². The molecule has 3 heterocycles. The first-order chi connectivity index (χ1) is 10.7. The highest BCUT2D eigenvalue weighted by atomic mass is 16.5. The quantitative estimate of drug-likeness (QED) is 0.826. The summed E-state index contributed by atoms with van der Waals surface area (Å²) in [5.74, 6) is 0.905. The fourth-order valence-corrected chi connectivity index (χ4v) is 3.34. The van der Waals surface area contributed by atoms with Crippen molar-refractivity contribution in [2.24, 2.45) is 0 Å². The first-order valence-electron chi connectivity index (χ1n) is 8.27. The summed E-state index contributed by atoms with van der Waals surface area (Å²) in [7, 11) is 0. The van der Waals surface area contributed by atoms with E-state index in [-0.39, 0.29) is 12.1 Å². The van der Waals surface area contributed by atoms with E-state index in [1.807, 2.05) is 13.0 Å². The summed E-state index contributed by atoms with van der Waals surface area (Å²) >= 11 is 0. The van der Waals surface area contributed by atoms with Crippen LogP contribution in [0.25, 0.3) is 0 Å². The van der Waals surface area contributed by atoms with Gasteiger partial charge in [-0.3, -0.25) is 4.90 Å². The molecule has 1 aromatic heterocycles. The van der Waals surface area contributed by atoms with Gasteiger partial charge >= 0.3 is 0 Å². The maximum absolute atomic E-state index is 10.2. The molecule has 3 atom stereocenters. The van der Waals surface area contributed by atoms with Gasteiger partial charge in [-0.05, 0) is 39.2 Å². The average Bonchev–Trinajstić information content (AvgIpc) is 3.20. The van der Waals surface area contributed by atoms with Crippen LogP contribution in [0.3, 0.4) is 0 Å². The highest BCUT2D eigenvalue weighted by Gasteiger charge is 2.30. The molecule has 2 aliphatic heterocycles. The lowest BCUT2D eigenvalue weighted by molar-refractivity contribution is -0.0268. The van der Waals surface area contributed by atoms with Gasteiger partial charge in [-0.1, -0.05) is 5.16 Å². The number of hydrogen-bond donors (Lipinski definition) is 1. The van der Waals surface area contributed by atoms with Crippen molar-refractivity contribution < 1.29 is 19.1 Å². The second-order valence-electron chi connectivity index (χ2n) is 6.35. The SMILES string of the molecule is Cc1cc([C@@H]2CCCN2C[C@@H](O)COC[C@H]2CCCO2)on1. The minimum atomic E-state index is -0.481. The molecule has 2 fully saturated rings. The van der Waals surface area contributed by atoms with Crippen LogP contribution in [0.4, 0.5) is 0 Å². The van der Waals surface area contributed by atoms with Crippen LogP contribution in [-0.2, 0) is 9.47 Å². The summed E-state index contributed by atoms with van der Waals surface area (Å²) in [5.41, 5.74) is 0.905. The Hall–Kier alpha value is -0.950. The molecule has 0 amide bonds. The van der Waals surface area contributed by atoms with Crippen molar-refractivity contribution in [1.82, 2.24) is 10.1 Å². The molecule has 0 aromatic carbocycles. The Morgan fingerprint density at radius 2 is 2.36 bits per heavy atom. The molecule has 3 rings (SSSR count). The van der Waals surface area contributed by atoms with E-state index >= 15 is 0 Å². The molecule has 1 aromatic rings. The predicted molar refractivity (Wildman–Crippen MR) is 80.6 cm³/mol. The summed E-state index contributed by atoms with van der Waals surface area (Å²) in [6.45, 7) is 5.30. The van der Waals surface area contributed by atoms with Crippen molar-refractivity contribution >= 4 is 0 Å². The van der Waals surface area contributed by atoms with E-state index in [1.54, 1.807) is 0 Å². The van der Waals surface area contributed by atoms with Crippen LogP contribution in [0, 0.1) is 6.92 Å². The average molecular weight is 310 g/mol. The normalized spacial score (nSPS) is 27.5. The number of β-amino-alcohol motifs (C(OH)–C–C–N with tert-alkyl or cyclic N) is 1. The molecular weight excluding hydrogens is 284 g/mol. The molecule has 1 N–H and O–H groups in total. The van der Waals surface area contributed by atoms with E-state index in [2.05, 4.69) is 10.1 Å². The van der Waals surface area contributed by atoms with Crippen molar-refractivity contribution in [3.05, 3.63) is 17.5 Å². The highest BCUT2D eigenvalue weighted by Crippen LogP contribution is 2.32. The van der Waals surface area contributed by atoms with E-state index in [0.29, 0.717) is 19.8 Å². The molecule has 0 spiro atoms. The largest absolute Gasteiger partial charge is 0.389 e. The summed E-state index contributed by atoms with van der Waals surface area (Å²) in [6.07, 6.45) is 4.08. The molecule has 0 saturated carbocycles. The van der Waals surface area contributed by atoms with Gasteiger partial charge in [0.25, 0.3) is 0 Å². The number of nitrogens with zero attached hydrogens (tertiary/aromatic N) is 2. The molecular formula is C16H26N2O4. The standard InChI is InChI=1S/C16H26N2O4/c1-12-8-16(22-17-12)15-5-2-6-18(15)9-13(19)10-20-11-14-4-3-7-21-14/h8,13-15,19H,2-7,9-11H2,1H3/t13-,14-,15+/m1/s1. The smallest absolute Gasteiger partial charge is 0.154 e. The molecule has 0 bridgehead atoms. The Morgan fingerprint density at radius 1 is 1.45 bits per heavy atom. The Balaban J connectivity index is 1.42. The van der Waals surface area contributed by atoms with Crippen LogP contribution in [0.2, 0.25) is 0 Å². The van der Waals surface area contributed by atoms with Crippen molar-refractivity contribution in [2.75, 3.05) is 32.9 Å². The van der Waals surface area contributed by atoms with Crippen molar-refractivity contribution in [2.45, 2.75) is 50.9 Å². The molecule has 0 unspecified atom stereocenters. The fraction of sp³-hybridized carbons (Fsp3) is 0.812. The highest BCUT2D eigenvalue weighted by molar-refractivity contribution is 5.09. The van der Waals surface area contributed by atoms with Gasteiger partial charge in [0.05, 0.1) is 37.2 Å². The topological polar surface area (TPSA) is 68.0 Å². The summed E-state index contributed by atoms with van der Waals surface area (Å²) in [6, 6.07) is 2.22. The summed E-state index contributed by atoms with van der Waals surface area (Å²) in [5, 5.41) is 14.2. The zero-order chi connectivity index (χ0) is 15.4. The minimum absolute atomic E-state index is 0.212. The third-order valence-electron chi connectivity index (χ3n) is 4.42. The molecule has 2 aliphatic rings. The van der Waals surface area contributed by atoms with Crippen LogP contribution in [0.15, 0.2) is 10.6 Å². The number of aryl methyl sites for hydroxylation is 1. The molecule has 6 heteroatoms. The first kappa shape index (κ1) is 15.9. The molecule has 124 valence electrons. The van der Waals surface area contributed by atoms with Gasteiger partial charge < -0.3 is 19.1 Å². The predicted octanol–water partition coefficient (Wildman–Crippen LogP) is 1.68. The number of rotatable bonds is 7. The zero-order valence-electron chi connectivity index (χ0n) is 13.2. The fourth-order valence-electron chi connectivity index (χ4n) is 3.34. The molecule has 0 aliphatic carbocycles. The minimum Gasteiger partial charge on any atom is -0.389 e. The van der Waals surface area contributed by atoms with Crippen LogP contribution < -0.4 is 0 Å². The van der Waals surface area contributed by atoms with Crippen LogP contribution in [0.1, 0.15) is 43.2 Å². The van der Waals surface area contributed by atoms with Crippen molar-refractivity contribution in [3.8, 4) is 0 Å². The van der Waals surface area contributed by atoms with Crippen LogP contribution in [0.5, 0.6) is 0 Å². The summed E-state index contributed by atoms with van der Waals surface area (Å²) in [4.78, 5) is 2.26. The number of aliphatic hydroxyl groups excluding tert-OH is 1. The molecule has 6 nitrogen and oxygen atoms in total. The molecule has 22 heavy (non-hydrogen) atoms. The van der Waals surface area contributed by atoms with Gasteiger partial charge in [0.15, 0.2) is 5.76 Å². The maximum atomic E-state index is 10.2. The van der Waals surface area contributed by atoms with Gasteiger partial charge in [-0.25, -0.2) is 0 Å². The maximum Gasteiger partial charge on any atom is 0.154 e. The summed E-state index contributed by atoms with van der Waals surface area (Å²) < 4.78 is 16.5. The Labute approximate surface area is 131 Å². The molecule has 2 saturated heterocycles. The number of aromatic nitrogens is 1. The van der Waals surface area contributed by atoms with Crippen molar-refractivity contribution in [1.29, 1.82) is 0 Å².